The molecule has 1 N–H and O–H groups in total. The van der Waals surface area contributed by atoms with Gasteiger partial charge in [0.2, 0.25) is 0 Å². The number of hydrogen-bond acceptors (Lipinski definition) is 9. The highest BCUT2D eigenvalue weighted by Crippen LogP contribution is 2.17. The summed E-state index contributed by atoms with van der Waals surface area (Å²) in [6, 6.07) is 3.74. The molecule has 1 rings (SSSR count). The fourth-order valence-electron chi connectivity index (χ4n) is 7.93. The minimum absolute atomic E-state index is 0.506. The zero-order chi connectivity index (χ0) is 49.1. The van der Waals surface area contributed by atoms with E-state index < -0.39 is 0 Å². The number of unbranched alkanes of at least 4 members (excludes halogenated alkanes) is 25. The van der Waals surface area contributed by atoms with Gasteiger partial charge < -0.3 is 38.5 Å². The molecule has 0 amide bonds. The number of thioether (sulfide) groups is 1. The Morgan fingerprint density at radius 2 is 0.955 bits per heavy atom. The third-order valence-electron chi connectivity index (χ3n) is 12.3. The van der Waals surface area contributed by atoms with Gasteiger partial charge in [0.25, 0.3) is 0 Å². The molecule has 9 heteroatoms. The van der Waals surface area contributed by atoms with Crippen molar-refractivity contribution in [3.8, 4) is 0 Å². The number of nitrogens with one attached hydrogen (secondary N) is 1. The van der Waals surface area contributed by atoms with Crippen molar-refractivity contribution in [2.45, 2.75) is 270 Å². The zero-order valence-corrected chi connectivity index (χ0v) is 45.7. The zero-order valence-electron chi connectivity index (χ0n) is 44.9. The normalized spacial score (nSPS) is 11.3. The number of rotatable bonds is 48. The smallest absolute Gasteiger partial charge is 0.129 e. The van der Waals surface area contributed by atoms with E-state index in [1.807, 2.05) is 33.4 Å². The molecule has 0 spiro atoms. The van der Waals surface area contributed by atoms with Crippen LogP contribution in [0, 0.1) is 0 Å². The molecule has 0 aliphatic rings. The lowest BCUT2D eigenvalue weighted by atomic mass is 10.0. The van der Waals surface area contributed by atoms with Crippen LogP contribution >= 0.6 is 11.8 Å². The van der Waals surface area contributed by atoms with E-state index in [9.17, 15) is 14.4 Å². The summed E-state index contributed by atoms with van der Waals surface area (Å²) < 4.78 is 16.0. The first-order valence-corrected chi connectivity index (χ1v) is 29.0. The van der Waals surface area contributed by atoms with E-state index in [-0.39, 0.29) is 0 Å². The van der Waals surface area contributed by atoms with E-state index in [4.69, 9.17) is 13.9 Å². The van der Waals surface area contributed by atoms with Crippen molar-refractivity contribution in [2.75, 3.05) is 53.2 Å². The maximum atomic E-state index is 10.3. The summed E-state index contributed by atoms with van der Waals surface area (Å²) in [7, 11) is 5.73. The van der Waals surface area contributed by atoms with E-state index in [1.165, 1.54) is 212 Å². The molecule has 0 bridgehead atoms. The van der Waals surface area contributed by atoms with E-state index in [0.29, 0.717) is 18.0 Å². The number of carbonyl (C=O) groups excluding carboxylic acids is 3. The first kappa shape index (κ1) is 68.7. The van der Waals surface area contributed by atoms with Crippen molar-refractivity contribution in [3.63, 3.8) is 0 Å². The Labute approximate surface area is 415 Å². The molecule has 0 saturated carbocycles. The third kappa shape index (κ3) is 58.6. The Bertz CT molecular complexity index is 973. The minimum atomic E-state index is 0.506. The van der Waals surface area contributed by atoms with E-state index in [0.717, 1.165) is 69.0 Å². The summed E-state index contributed by atoms with van der Waals surface area (Å²) >= 11 is 1.55. The first-order chi connectivity index (χ1) is 32.5. The number of carbonyl (C=O) groups is 3. The van der Waals surface area contributed by atoms with Crippen molar-refractivity contribution < 1.29 is 28.3 Å². The third-order valence-corrected chi connectivity index (χ3v) is 13.1. The molecule has 1 aromatic rings. The predicted octanol–water partition coefficient (Wildman–Crippen LogP) is 16.4. The van der Waals surface area contributed by atoms with Crippen LogP contribution < -0.4 is 5.32 Å². The van der Waals surface area contributed by atoms with E-state index in [2.05, 4.69) is 37.9 Å². The predicted molar refractivity (Wildman–Crippen MR) is 289 cm³/mol. The summed E-state index contributed by atoms with van der Waals surface area (Å²) in [6.45, 7) is 13.7. The minimum Gasteiger partial charge on any atom is -0.468 e. The van der Waals surface area contributed by atoms with Crippen LogP contribution in [-0.4, -0.2) is 89.2 Å². The second-order valence-electron chi connectivity index (χ2n) is 18.3. The molecule has 1 aromatic heterocycles. The maximum absolute atomic E-state index is 10.3. The van der Waals surface area contributed by atoms with Gasteiger partial charge in [-0.15, -0.1) is 11.8 Å². The number of nitrogens with zero attached hydrogens (tertiary/aromatic N) is 1. The summed E-state index contributed by atoms with van der Waals surface area (Å²) in [6.07, 6.45) is 50.4. The molecular formula is C57H112N2O6S. The van der Waals surface area contributed by atoms with Crippen LogP contribution in [0.25, 0.3) is 0 Å². The van der Waals surface area contributed by atoms with Gasteiger partial charge in [-0.1, -0.05) is 182 Å². The largest absolute Gasteiger partial charge is 0.468 e. The number of methoxy groups -OCH3 is 2. The Morgan fingerprint density at radius 3 is 1.33 bits per heavy atom. The Morgan fingerprint density at radius 1 is 0.545 bits per heavy atom. The summed E-state index contributed by atoms with van der Waals surface area (Å²) in [5.74, 6) is 2.25. The molecule has 0 aliphatic carbocycles. The molecule has 66 heavy (non-hydrogen) atoms. The molecule has 1 heterocycles. The van der Waals surface area contributed by atoms with Crippen LogP contribution in [0.3, 0.4) is 0 Å². The quantitative estimate of drug-likeness (QED) is 0.0506. The van der Waals surface area contributed by atoms with Crippen molar-refractivity contribution >= 4 is 30.6 Å². The Balaban J connectivity index is -0.000000841. The molecule has 392 valence electrons. The second kappa shape index (κ2) is 63.5. The molecule has 1 unspecified atom stereocenters. The number of hydrogen-bond donors (Lipinski definition) is 1. The molecule has 0 aliphatic heterocycles. The lowest BCUT2D eigenvalue weighted by molar-refractivity contribution is -0.108. The Hall–Kier alpha value is -1.52. The van der Waals surface area contributed by atoms with Crippen LogP contribution in [0.15, 0.2) is 22.8 Å². The molecule has 8 nitrogen and oxygen atoms in total. The topological polar surface area (TPSA) is 98.1 Å². The highest BCUT2D eigenvalue weighted by Gasteiger charge is 2.07. The number of aldehydes is 3. The van der Waals surface area contributed by atoms with Gasteiger partial charge in [-0.05, 0) is 103 Å². The van der Waals surface area contributed by atoms with Crippen molar-refractivity contribution in [2.24, 2.45) is 0 Å². The average molecular weight is 954 g/mol. The van der Waals surface area contributed by atoms with Gasteiger partial charge in [0, 0.05) is 32.8 Å². The van der Waals surface area contributed by atoms with Gasteiger partial charge in [0.05, 0.1) is 24.2 Å². The van der Waals surface area contributed by atoms with Gasteiger partial charge in [0.15, 0.2) is 0 Å². The van der Waals surface area contributed by atoms with Gasteiger partial charge >= 0.3 is 0 Å². The fraction of sp³-hybridized carbons (Fsp3) is 0.877. The highest BCUT2D eigenvalue weighted by molar-refractivity contribution is 7.99. The van der Waals surface area contributed by atoms with Crippen LogP contribution in [0.5, 0.6) is 0 Å². The average Bonchev–Trinajstić information content (AvgIpc) is 3.86. The van der Waals surface area contributed by atoms with E-state index in [1.54, 1.807) is 18.0 Å². The number of furan rings is 1. The lowest BCUT2D eigenvalue weighted by Gasteiger charge is -2.22. The summed E-state index contributed by atoms with van der Waals surface area (Å²) in [4.78, 5) is 33.1. The number of ether oxygens (including phenoxy) is 2. The van der Waals surface area contributed by atoms with Gasteiger partial charge in [-0.2, -0.15) is 0 Å². The van der Waals surface area contributed by atoms with Gasteiger partial charge in [0.1, 0.15) is 24.6 Å². The first-order valence-electron chi connectivity index (χ1n) is 27.8. The lowest BCUT2D eigenvalue weighted by Crippen LogP contribution is -2.29. The SMILES string of the molecule is CCCCCCCCC(CC)OC.CCCCCCCCC(CCCCCCCC)OC.CNCCCN(CCCCCCCC=O)CCCCCCCC=O.O=CCSCc1ccco1. The molecule has 0 radical (unpaired) electrons. The maximum Gasteiger partial charge on any atom is 0.129 e. The van der Waals surface area contributed by atoms with Crippen LogP contribution in [0.2, 0.25) is 0 Å². The highest BCUT2D eigenvalue weighted by atomic mass is 32.2. The molecule has 1 atom stereocenters. The standard InChI is InChI=1S/C20H40N2O2.C18H38O.C12H26O.C7H8O2S/c1-21-15-14-18-22(16-10-6-2-4-8-12-19-23)17-11-7-3-5-9-13-20-24;1-4-6-8-10-12-14-16-18(19-3)17-15-13-11-9-7-5-2;1-4-6-7-8-9-10-11-12(5-2)13-3;8-3-5-10-6-7-2-1-4-9-7/h19-21H,2-18H2,1H3;18H,4-17H2,1-3H3;12H,4-11H2,1-3H3;1-4H,5-6H2. The fourth-order valence-corrected chi connectivity index (χ4v) is 8.51. The van der Waals surface area contributed by atoms with E-state index >= 15 is 0 Å². The summed E-state index contributed by atoms with van der Waals surface area (Å²) in [5, 5.41) is 3.23. The van der Waals surface area contributed by atoms with Crippen LogP contribution in [-0.2, 0) is 29.6 Å². The second-order valence-corrected chi connectivity index (χ2v) is 19.3. The molecule has 0 fully saturated rings. The Kier molecular flexibility index (Phi) is 66.1. The summed E-state index contributed by atoms with van der Waals surface area (Å²) in [5.41, 5.74) is 0. The van der Waals surface area contributed by atoms with Crippen molar-refractivity contribution in [3.05, 3.63) is 24.2 Å². The van der Waals surface area contributed by atoms with Crippen LogP contribution in [0.1, 0.15) is 258 Å². The van der Waals surface area contributed by atoms with Gasteiger partial charge in [-0.25, -0.2) is 0 Å². The van der Waals surface area contributed by atoms with Gasteiger partial charge in [-0.3, -0.25) is 0 Å². The molecule has 0 saturated heterocycles. The molecular weight excluding hydrogens is 841 g/mol. The monoisotopic (exact) mass is 953 g/mol. The van der Waals surface area contributed by atoms with Crippen LogP contribution in [0.4, 0.5) is 0 Å². The molecule has 0 aromatic carbocycles. The van der Waals surface area contributed by atoms with Crippen molar-refractivity contribution in [1.82, 2.24) is 10.2 Å². The van der Waals surface area contributed by atoms with Crippen molar-refractivity contribution in [1.29, 1.82) is 0 Å².